The standard InChI is InChI=1S/C17H16F3N5O2/c1-27-16-9-8-14-23-22-13(25(14)24-16)6-3-7-15(26)21-12-5-2-4-11(10-12)17(18,19)20/h2,4-5,8-10H,3,6-7H2,1H3,(H,21,26). The number of halogens is 3. The highest BCUT2D eigenvalue weighted by molar-refractivity contribution is 5.90. The summed E-state index contributed by atoms with van der Waals surface area (Å²) >= 11 is 0. The van der Waals surface area contributed by atoms with Gasteiger partial charge < -0.3 is 10.1 Å². The molecule has 0 saturated carbocycles. The van der Waals surface area contributed by atoms with E-state index in [4.69, 9.17) is 4.74 Å². The number of carbonyl (C=O) groups excluding carboxylic acids is 1. The molecule has 0 unspecified atom stereocenters. The maximum Gasteiger partial charge on any atom is 0.416 e. The molecule has 0 aliphatic heterocycles. The molecule has 10 heteroatoms. The predicted molar refractivity (Wildman–Crippen MR) is 90.3 cm³/mol. The number of amides is 1. The van der Waals surface area contributed by atoms with Crippen molar-refractivity contribution in [2.45, 2.75) is 25.4 Å². The number of benzene rings is 1. The van der Waals surface area contributed by atoms with Gasteiger partial charge in [0.15, 0.2) is 11.5 Å². The number of nitrogens with zero attached hydrogens (tertiary/aromatic N) is 4. The fourth-order valence-corrected chi connectivity index (χ4v) is 2.49. The third-order valence-corrected chi connectivity index (χ3v) is 3.79. The van der Waals surface area contributed by atoms with Gasteiger partial charge >= 0.3 is 6.18 Å². The predicted octanol–water partition coefficient (Wildman–Crippen LogP) is 3.11. The fraction of sp³-hybridized carbons (Fsp3) is 0.294. The minimum Gasteiger partial charge on any atom is -0.480 e. The molecule has 1 aromatic carbocycles. The Labute approximate surface area is 152 Å². The van der Waals surface area contributed by atoms with E-state index >= 15 is 0 Å². The second-order valence-corrected chi connectivity index (χ2v) is 5.74. The van der Waals surface area contributed by atoms with Gasteiger partial charge in [-0.2, -0.15) is 17.7 Å². The van der Waals surface area contributed by atoms with Crippen molar-refractivity contribution in [3.8, 4) is 5.88 Å². The molecule has 142 valence electrons. The number of ether oxygens (including phenoxy) is 1. The Kier molecular flexibility index (Phi) is 5.24. The van der Waals surface area contributed by atoms with Gasteiger partial charge in [-0.25, -0.2) is 0 Å². The number of alkyl halides is 3. The van der Waals surface area contributed by atoms with Gasteiger partial charge in [0.1, 0.15) is 0 Å². The van der Waals surface area contributed by atoms with Crippen molar-refractivity contribution in [3.63, 3.8) is 0 Å². The van der Waals surface area contributed by atoms with Gasteiger partial charge in [-0.1, -0.05) is 6.07 Å². The van der Waals surface area contributed by atoms with Crippen LogP contribution in [-0.4, -0.2) is 32.8 Å². The number of aryl methyl sites for hydroxylation is 1. The first-order valence-electron chi connectivity index (χ1n) is 8.09. The average molecular weight is 379 g/mol. The molecule has 7 nitrogen and oxygen atoms in total. The van der Waals surface area contributed by atoms with Gasteiger partial charge in [0, 0.05) is 24.6 Å². The van der Waals surface area contributed by atoms with Crippen LogP contribution in [-0.2, 0) is 17.4 Å². The van der Waals surface area contributed by atoms with Crippen molar-refractivity contribution in [2.24, 2.45) is 0 Å². The number of carbonyl (C=O) groups is 1. The van der Waals surface area contributed by atoms with E-state index in [1.807, 2.05) is 0 Å². The molecule has 2 heterocycles. The van der Waals surface area contributed by atoms with Crippen LogP contribution < -0.4 is 10.1 Å². The molecule has 0 saturated heterocycles. The number of hydrogen-bond donors (Lipinski definition) is 1. The van der Waals surface area contributed by atoms with Crippen LogP contribution in [0, 0.1) is 0 Å². The Morgan fingerprint density at radius 2 is 2.04 bits per heavy atom. The average Bonchev–Trinajstić information content (AvgIpc) is 3.03. The molecule has 0 bridgehead atoms. The molecule has 0 fully saturated rings. The van der Waals surface area contributed by atoms with Crippen LogP contribution in [0.15, 0.2) is 36.4 Å². The normalized spacial score (nSPS) is 11.6. The maximum absolute atomic E-state index is 12.7. The second-order valence-electron chi connectivity index (χ2n) is 5.74. The Hall–Kier alpha value is -3.17. The number of rotatable bonds is 6. The van der Waals surface area contributed by atoms with Crippen molar-refractivity contribution >= 4 is 17.2 Å². The summed E-state index contributed by atoms with van der Waals surface area (Å²) < 4.78 is 44.7. The van der Waals surface area contributed by atoms with Crippen LogP contribution in [0.4, 0.5) is 18.9 Å². The van der Waals surface area contributed by atoms with E-state index in [-0.39, 0.29) is 18.0 Å². The van der Waals surface area contributed by atoms with Gasteiger partial charge in [0.05, 0.1) is 12.7 Å². The SMILES string of the molecule is COc1ccc2nnc(CCCC(=O)Nc3cccc(C(F)(F)F)c3)n2n1. The quantitative estimate of drug-likeness (QED) is 0.712. The van der Waals surface area contributed by atoms with E-state index in [0.717, 1.165) is 12.1 Å². The van der Waals surface area contributed by atoms with Crippen LogP contribution in [0.2, 0.25) is 0 Å². The lowest BCUT2D eigenvalue weighted by molar-refractivity contribution is -0.137. The summed E-state index contributed by atoms with van der Waals surface area (Å²) in [7, 11) is 1.50. The monoisotopic (exact) mass is 379 g/mol. The number of methoxy groups -OCH3 is 1. The van der Waals surface area contributed by atoms with Crippen molar-refractivity contribution in [3.05, 3.63) is 47.8 Å². The Morgan fingerprint density at radius 1 is 1.22 bits per heavy atom. The fourth-order valence-electron chi connectivity index (χ4n) is 2.49. The molecular weight excluding hydrogens is 363 g/mol. The Bertz CT molecular complexity index is 955. The molecule has 3 aromatic rings. The number of nitrogens with one attached hydrogen (secondary N) is 1. The van der Waals surface area contributed by atoms with E-state index in [9.17, 15) is 18.0 Å². The zero-order chi connectivity index (χ0) is 19.4. The molecule has 0 spiro atoms. The van der Waals surface area contributed by atoms with E-state index < -0.39 is 11.7 Å². The topological polar surface area (TPSA) is 81.4 Å². The molecule has 1 amide bonds. The van der Waals surface area contributed by atoms with Crippen LogP contribution in [0.3, 0.4) is 0 Å². The summed E-state index contributed by atoms with van der Waals surface area (Å²) in [6.45, 7) is 0. The van der Waals surface area contributed by atoms with E-state index in [2.05, 4.69) is 20.6 Å². The van der Waals surface area contributed by atoms with Crippen molar-refractivity contribution in [1.29, 1.82) is 0 Å². The molecule has 27 heavy (non-hydrogen) atoms. The van der Waals surface area contributed by atoms with Crippen molar-refractivity contribution in [1.82, 2.24) is 19.8 Å². The van der Waals surface area contributed by atoms with Crippen LogP contribution in [0.1, 0.15) is 24.2 Å². The summed E-state index contributed by atoms with van der Waals surface area (Å²) in [4.78, 5) is 12.0. The second kappa shape index (κ2) is 7.60. The number of hydrogen-bond acceptors (Lipinski definition) is 5. The summed E-state index contributed by atoms with van der Waals surface area (Å²) in [6.07, 6.45) is -3.47. The molecular formula is C17H16F3N5O2. The van der Waals surface area contributed by atoms with Crippen molar-refractivity contribution < 1.29 is 22.7 Å². The van der Waals surface area contributed by atoms with Crippen molar-refractivity contribution in [2.75, 3.05) is 12.4 Å². The third-order valence-electron chi connectivity index (χ3n) is 3.79. The molecule has 0 atom stereocenters. The van der Waals surface area contributed by atoms with E-state index in [0.29, 0.717) is 30.2 Å². The first-order valence-corrected chi connectivity index (χ1v) is 8.09. The summed E-state index contributed by atoms with van der Waals surface area (Å²) in [5.41, 5.74) is -0.149. The lowest BCUT2D eigenvalue weighted by Gasteiger charge is -2.09. The number of fused-ring (bicyclic) bond motifs is 1. The van der Waals surface area contributed by atoms with Gasteiger partial charge in [-0.15, -0.1) is 15.3 Å². The van der Waals surface area contributed by atoms with Gasteiger partial charge in [0.25, 0.3) is 0 Å². The first-order chi connectivity index (χ1) is 12.9. The Balaban J connectivity index is 1.57. The smallest absolute Gasteiger partial charge is 0.416 e. The number of anilines is 1. The summed E-state index contributed by atoms with van der Waals surface area (Å²) in [5, 5.41) is 14.7. The highest BCUT2D eigenvalue weighted by atomic mass is 19.4. The van der Waals surface area contributed by atoms with Crippen LogP contribution in [0.5, 0.6) is 5.88 Å². The zero-order valence-corrected chi connectivity index (χ0v) is 14.3. The summed E-state index contributed by atoms with van der Waals surface area (Å²) in [5.74, 6) is 0.593. The van der Waals surface area contributed by atoms with E-state index in [1.165, 1.54) is 23.8 Å². The minimum atomic E-state index is -4.45. The number of aromatic nitrogens is 4. The third kappa shape index (κ3) is 4.52. The van der Waals surface area contributed by atoms with Gasteiger partial charge in [-0.3, -0.25) is 4.79 Å². The maximum atomic E-state index is 12.7. The van der Waals surface area contributed by atoms with Gasteiger partial charge in [-0.05, 0) is 30.7 Å². The molecule has 0 aliphatic carbocycles. The molecule has 0 radical (unpaired) electrons. The first kappa shape index (κ1) is 18.6. The van der Waals surface area contributed by atoms with Crippen LogP contribution >= 0.6 is 0 Å². The molecule has 2 aromatic heterocycles. The highest BCUT2D eigenvalue weighted by Gasteiger charge is 2.30. The molecule has 3 rings (SSSR count). The van der Waals surface area contributed by atoms with Gasteiger partial charge in [0.2, 0.25) is 11.8 Å². The summed E-state index contributed by atoms with van der Waals surface area (Å²) in [6, 6.07) is 7.89. The molecule has 0 aliphatic rings. The Morgan fingerprint density at radius 3 is 2.78 bits per heavy atom. The highest BCUT2D eigenvalue weighted by Crippen LogP contribution is 2.30. The zero-order valence-electron chi connectivity index (χ0n) is 14.3. The lowest BCUT2D eigenvalue weighted by atomic mass is 10.2. The van der Waals surface area contributed by atoms with Crippen LogP contribution in [0.25, 0.3) is 5.65 Å². The molecule has 1 N–H and O–H groups in total. The largest absolute Gasteiger partial charge is 0.480 e. The van der Waals surface area contributed by atoms with E-state index in [1.54, 1.807) is 12.1 Å². The lowest BCUT2D eigenvalue weighted by Crippen LogP contribution is -2.13. The minimum absolute atomic E-state index is 0.106.